The summed E-state index contributed by atoms with van der Waals surface area (Å²) >= 11 is 3.26. The van der Waals surface area contributed by atoms with Gasteiger partial charge in [-0.2, -0.15) is 0 Å². The van der Waals surface area contributed by atoms with Gasteiger partial charge in [-0.05, 0) is 18.4 Å². The molecular formula is C18H16N4OS2. The van der Waals surface area contributed by atoms with Crippen LogP contribution in [-0.4, -0.2) is 19.7 Å². The van der Waals surface area contributed by atoms with Crippen LogP contribution in [0.4, 0.5) is 0 Å². The molecule has 3 aromatic heterocycles. The highest BCUT2D eigenvalue weighted by Crippen LogP contribution is 2.29. The fourth-order valence-corrected chi connectivity index (χ4v) is 4.08. The Hall–Kier alpha value is -2.38. The molecule has 0 saturated heterocycles. The van der Waals surface area contributed by atoms with Crippen molar-refractivity contribution in [3.8, 4) is 22.0 Å². The minimum absolute atomic E-state index is 0.620. The first-order valence-corrected chi connectivity index (χ1v) is 9.81. The fourth-order valence-electron chi connectivity index (χ4n) is 2.51. The molecule has 0 aliphatic rings. The molecule has 0 spiro atoms. The summed E-state index contributed by atoms with van der Waals surface area (Å²) in [5, 5.41) is 11.6. The molecule has 0 amide bonds. The highest BCUT2D eigenvalue weighted by molar-refractivity contribution is 7.98. The van der Waals surface area contributed by atoms with Gasteiger partial charge in [0.1, 0.15) is 0 Å². The van der Waals surface area contributed by atoms with Gasteiger partial charge in [0.2, 0.25) is 5.89 Å². The van der Waals surface area contributed by atoms with Crippen LogP contribution < -0.4 is 0 Å². The van der Waals surface area contributed by atoms with Crippen molar-refractivity contribution >= 4 is 23.1 Å². The maximum atomic E-state index is 5.86. The molecule has 5 nitrogen and oxygen atoms in total. The van der Waals surface area contributed by atoms with Crippen LogP contribution in [0.25, 0.3) is 22.0 Å². The number of hydrogen-bond donors (Lipinski definition) is 0. The molecular weight excluding hydrogens is 352 g/mol. The SMILES string of the molecule is CCn1c(SCc2ncc(-c3ccccc3)o2)nnc1-c1cccs1. The molecule has 4 aromatic rings. The Morgan fingerprint density at radius 1 is 1.12 bits per heavy atom. The van der Waals surface area contributed by atoms with E-state index in [2.05, 4.69) is 38.1 Å². The Morgan fingerprint density at radius 2 is 2.00 bits per heavy atom. The van der Waals surface area contributed by atoms with Crippen LogP contribution in [0.5, 0.6) is 0 Å². The molecule has 0 radical (unpaired) electrons. The van der Waals surface area contributed by atoms with Crippen LogP contribution >= 0.6 is 23.1 Å². The zero-order valence-electron chi connectivity index (χ0n) is 13.6. The van der Waals surface area contributed by atoms with Gasteiger partial charge in [0.25, 0.3) is 0 Å². The third kappa shape index (κ3) is 3.38. The average Bonchev–Trinajstić information content (AvgIpc) is 3.39. The average molecular weight is 368 g/mol. The van der Waals surface area contributed by atoms with Gasteiger partial charge in [0.15, 0.2) is 16.7 Å². The minimum Gasteiger partial charge on any atom is -0.440 e. The summed E-state index contributed by atoms with van der Waals surface area (Å²) in [7, 11) is 0. The van der Waals surface area contributed by atoms with E-state index < -0.39 is 0 Å². The second kappa shape index (κ2) is 7.25. The Balaban J connectivity index is 1.50. The normalized spacial score (nSPS) is 11.1. The number of thiophene rings is 1. The number of rotatable bonds is 6. The van der Waals surface area contributed by atoms with E-state index in [0.717, 1.165) is 33.7 Å². The smallest absolute Gasteiger partial charge is 0.205 e. The molecule has 0 bridgehead atoms. The monoisotopic (exact) mass is 368 g/mol. The van der Waals surface area contributed by atoms with Crippen molar-refractivity contribution in [2.45, 2.75) is 24.4 Å². The molecule has 1 aromatic carbocycles. The molecule has 0 aliphatic carbocycles. The van der Waals surface area contributed by atoms with E-state index >= 15 is 0 Å². The van der Waals surface area contributed by atoms with Crippen LogP contribution in [0.15, 0.2) is 63.6 Å². The van der Waals surface area contributed by atoms with Gasteiger partial charge in [-0.25, -0.2) is 4.98 Å². The summed E-state index contributed by atoms with van der Waals surface area (Å²) in [6, 6.07) is 14.1. The summed E-state index contributed by atoms with van der Waals surface area (Å²) in [6.45, 7) is 2.92. The first-order chi connectivity index (χ1) is 12.3. The van der Waals surface area contributed by atoms with Crippen molar-refractivity contribution in [3.05, 3.63) is 59.9 Å². The number of aromatic nitrogens is 4. The van der Waals surface area contributed by atoms with Crippen molar-refractivity contribution < 1.29 is 4.42 Å². The van der Waals surface area contributed by atoms with Gasteiger partial charge in [-0.1, -0.05) is 48.2 Å². The van der Waals surface area contributed by atoms with Gasteiger partial charge < -0.3 is 8.98 Å². The molecule has 3 heterocycles. The molecule has 0 fully saturated rings. The molecule has 0 N–H and O–H groups in total. The lowest BCUT2D eigenvalue weighted by Gasteiger charge is -2.04. The largest absolute Gasteiger partial charge is 0.440 e. The number of thioether (sulfide) groups is 1. The van der Waals surface area contributed by atoms with Gasteiger partial charge >= 0.3 is 0 Å². The van der Waals surface area contributed by atoms with E-state index in [-0.39, 0.29) is 0 Å². The van der Waals surface area contributed by atoms with E-state index in [1.165, 1.54) is 0 Å². The Kier molecular flexibility index (Phi) is 4.67. The van der Waals surface area contributed by atoms with E-state index in [1.54, 1.807) is 29.3 Å². The second-order valence-electron chi connectivity index (χ2n) is 5.30. The van der Waals surface area contributed by atoms with Gasteiger partial charge in [-0.3, -0.25) is 0 Å². The van der Waals surface area contributed by atoms with Crippen LogP contribution in [0.3, 0.4) is 0 Å². The lowest BCUT2D eigenvalue weighted by Crippen LogP contribution is -1.99. The van der Waals surface area contributed by atoms with Gasteiger partial charge in [0.05, 0.1) is 16.8 Å². The van der Waals surface area contributed by atoms with Gasteiger partial charge in [-0.15, -0.1) is 21.5 Å². The fraction of sp³-hybridized carbons (Fsp3) is 0.167. The maximum absolute atomic E-state index is 5.86. The summed E-state index contributed by atoms with van der Waals surface area (Å²) in [5.41, 5.74) is 1.03. The summed E-state index contributed by atoms with van der Waals surface area (Å²) in [4.78, 5) is 5.51. The number of oxazole rings is 1. The predicted octanol–water partition coefficient (Wildman–Crippen LogP) is 4.97. The quantitative estimate of drug-likeness (QED) is 0.450. The topological polar surface area (TPSA) is 56.7 Å². The molecule has 126 valence electrons. The first kappa shape index (κ1) is 16.1. The highest BCUT2D eigenvalue weighted by Gasteiger charge is 2.15. The van der Waals surface area contributed by atoms with Crippen LogP contribution in [-0.2, 0) is 12.3 Å². The molecule has 25 heavy (non-hydrogen) atoms. The Labute approximate surface area is 153 Å². The Bertz CT molecular complexity index is 945. The number of hydrogen-bond acceptors (Lipinski definition) is 6. The summed E-state index contributed by atoms with van der Waals surface area (Å²) in [6.07, 6.45) is 1.77. The Morgan fingerprint density at radius 3 is 2.76 bits per heavy atom. The van der Waals surface area contributed by atoms with Crippen molar-refractivity contribution in [2.24, 2.45) is 0 Å². The van der Waals surface area contributed by atoms with E-state index in [1.807, 2.05) is 36.4 Å². The maximum Gasteiger partial charge on any atom is 0.205 e. The highest BCUT2D eigenvalue weighted by atomic mass is 32.2. The summed E-state index contributed by atoms with van der Waals surface area (Å²) < 4.78 is 7.98. The van der Waals surface area contributed by atoms with Crippen molar-refractivity contribution in [1.29, 1.82) is 0 Å². The minimum atomic E-state index is 0.620. The van der Waals surface area contributed by atoms with Crippen LogP contribution in [0.1, 0.15) is 12.8 Å². The molecule has 7 heteroatoms. The van der Waals surface area contributed by atoms with E-state index in [0.29, 0.717) is 11.6 Å². The van der Waals surface area contributed by atoms with Crippen molar-refractivity contribution in [2.75, 3.05) is 0 Å². The van der Waals surface area contributed by atoms with E-state index in [9.17, 15) is 0 Å². The molecule has 0 atom stereocenters. The van der Waals surface area contributed by atoms with Gasteiger partial charge in [0, 0.05) is 12.1 Å². The standard InChI is InChI=1S/C18H16N4OS2/c1-2-22-17(15-9-6-10-24-15)20-21-18(22)25-12-16-19-11-14(23-16)13-7-4-3-5-8-13/h3-11H,2,12H2,1H3. The zero-order chi connectivity index (χ0) is 17.1. The molecule has 0 unspecified atom stereocenters. The first-order valence-electron chi connectivity index (χ1n) is 7.95. The second-order valence-corrected chi connectivity index (χ2v) is 7.19. The molecule has 0 aliphatic heterocycles. The predicted molar refractivity (Wildman–Crippen MR) is 101 cm³/mol. The zero-order valence-corrected chi connectivity index (χ0v) is 15.3. The molecule has 4 rings (SSSR count). The van der Waals surface area contributed by atoms with Crippen molar-refractivity contribution in [1.82, 2.24) is 19.7 Å². The van der Waals surface area contributed by atoms with Crippen LogP contribution in [0, 0.1) is 0 Å². The summed E-state index contributed by atoms with van der Waals surface area (Å²) in [5.74, 6) is 3.01. The van der Waals surface area contributed by atoms with Crippen LogP contribution in [0.2, 0.25) is 0 Å². The lowest BCUT2D eigenvalue weighted by atomic mass is 10.2. The van der Waals surface area contributed by atoms with E-state index in [4.69, 9.17) is 4.42 Å². The third-order valence-electron chi connectivity index (χ3n) is 3.71. The molecule has 0 saturated carbocycles. The third-order valence-corrected chi connectivity index (χ3v) is 5.53. The lowest BCUT2D eigenvalue weighted by molar-refractivity contribution is 0.529. The number of nitrogens with zero attached hydrogens (tertiary/aromatic N) is 4. The number of benzene rings is 1. The van der Waals surface area contributed by atoms with Crippen molar-refractivity contribution in [3.63, 3.8) is 0 Å².